The lowest BCUT2D eigenvalue weighted by atomic mass is 9.98. The molecule has 2 unspecified atom stereocenters. The topological polar surface area (TPSA) is 91.8 Å². The number of phosphoric ester groups is 1. The molecule has 3 heterocycles. The molecule has 0 bridgehead atoms. The summed E-state index contributed by atoms with van der Waals surface area (Å²) in [5.74, 6) is 0.577. The molecule has 2 aliphatic heterocycles. The Bertz CT molecular complexity index is 1130. The fourth-order valence-electron chi connectivity index (χ4n) is 3.25. The van der Waals surface area contributed by atoms with Gasteiger partial charge in [-0.3, -0.25) is 18.6 Å². The summed E-state index contributed by atoms with van der Waals surface area (Å²) in [6.07, 6.45) is 2.55. The first-order valence-electron chi connectivity index (χ1n) is 9.43. The number of aromatic nitrogens is 2. The van der Waals surface area contributed by atoms with Crippen LogP contribution >= 0.6 is 31.6 Å². The summed E-state index contributed by atoms with van der Waals surface area (Å²) in [6.45, 7) is 3.90. The number of hydrogen-bond donors (Lipinski definition) is 1. The second kappa shape index (κ2) is 10.1. The van der Waals surface area contributed by atoms with Gasteiger partial charge in [0.15, 0.2) is 0 Å². The van der Waals surface area contributed by atoms with Crippen LogP contribution in [-0.2, 0) is 25.0 Å². The minimum absolute atomic E-state index is 0.197. The lowest BCUT2D eigenvalue weighted by molar-refractivity contribution is 0.0341. The van der Waals surface area contributed by atoms with Crippen molar-refractivity contribution in [2.75, 3.05) is 6.51 Å². The quantitative estimate of drug-likeness (QED) is 0.406. The monoisotopic (exact) mass is 480 g/mol. The van der Waals surface area contributed by atoms with Gasteiger partial charge in [-0.25, -0.2) is 9.36 Å². The van der Waals surface area contributed by atoms with Gasteiger partial charge in [0.05, 0.1) is 11.6 Å². The van der Waals surface area contributed by atoms with Crippen molar-refractivity contribution >= 4 is 47.3 Å². The van der Waals surface area contributed by atoms with Gasteiger partial charge in [0.2, 0.25) is 0 Å². The highest BCUT2D eigenvalue weighted by atomic mass is 35.5. The van der Waals surface area contributed by atoms with Crippen molar-refractivity contribution in [3.63, 3.8) is 0 Å². The summed E-state index contributed by atoms with van der Waals surface area (Å²) in [4.78, 5) is 14.0. The van der Waals surface area contributed by atoms with E-state index in [1.807, 2.05) is 26.0 Å². The minimum atomic E-state index is -3.51. The van der Waals surface area contributed by atoms with E-state index in [4.69, 9.17) is 57.8 Å². The van der Waals surface area contributed by atoms with Crippen molar-refractivity contribution in [1.29, 1.82) is 0 Å². The molecule has 1 fully saturated rings. The average Bonchev–Trinajstić information content (AvgIpc) is 3.12. The number of H-pyrrole nitrogens is 1. The molecular weight excluding hydrogens is 460 g/mol. The number of halogens is 1. The number of phosphoric acid groups is 1. The van der Waals surface area contributed by atoms with E-state index in [2.05, 4.69) is 4.98 Å². The lowest BCUT2D eigenvalue weighted by Gasteiger charge is -2.26. The Kier molecular flexibility index (Phi) is 7.89. The van der Waals surface area contributed by atoms with Crippen molar-refractivity contribution in [3.8, 4) is 5.75 Å². The molecule has 162 valence electrons. The van der Waals surface area contributed by atoms with E-state index < -0.39 is 7.82 Å². The smallest absolute Gasteiger partial charge is 0.403 e. The minimum Gasteiger partial charge on any atom is -0.403 e. The second-order valence-corrected chi connectivity index (χ2v) is 9.44. The van der Waals surface area contributed by atoms with Crippen LogP contribution in [0.3, 0.4) is 0 Å². The predicted octanol–water partition coefficient (Wildman–Crippen LogP) is 3.83. The molecule has 4 radical (unpaired) electrons. The highest BCUT2D eigenvalue weighted by Crippen LogP contribution is 2.55. The number of nitrogens with one attached hydrogen (secondary N) is 1. The van der Waals surface area contributed by atoms with Gasteiger partial charge >= 0.3 is 13.5 Å². The maximum Gasteiger partial charge on any atom is 0.529 e. The van der Waals surface area contributed by atoms with Crippen molar-refractivity contribution < 1.29 is 22.9 Å². The largest absolute Gasteiger partial charge is 0.529 e. The van der Waals surface area contributed by atoms with Crippen molar-refractivity contribution in [2.24, 2.45) is 0 Å². The molecule has 31 heavy (non-hydrogen) atoms. The Morgan fingerprint density at radius 2 is 2.13 bits per heavy atom. The molecular formula is C18H20B2ClN2O6PS. The number of fused-ring (bicyclic) bond motifs is 1. The van der Waals surface area contributed by atoms with Gasteiger partial charge in [0, 0.05) is 24.3 Å². The number of benzene rings is 1. The van der Waals surface area contributed by atoms with Crippen molar-refractivity contribution in [3.05, 3.63) is 55.2 Å². The third-order valence-corrected chi connectivity index (χ3v) is 6.61. The van der Waals surface area contributed by atoms with Gasteiger partial charge in [-0.2, -0.15) is 0 Å². The Morgan fingerprint density at radius 3 is 2.77 bits per heavy atom. The van der Waals surface area contributed by atoms with E-state index >= 15 is 0 Å². The van der Waals surface area contributed by atoms with Gasteiger partial charge in [-0.15, -0.1) is 0 Å². The summed E-state index contributed by atoms with van der Waals surface area (Å²) in [5, 5.41) is 0.327. The van der Waals surface area contributed by atoms with Crippen LogP contribution in [-0.4, -0.2) is 37.8 Å². The van der Waals surface area contributed by atoms with Crippen LogP contribution in [0.4, 0.5) is 0 Å². The van der Waals surface area contributed by atoms with E-state index in [0.717, 1.165) is 23.1 Å². The van der Waals surface area contributed by atoms with Crippen molar-refractivity contribution in [1.82, 2.24) is 9.55 Å². The number of hydrogen-bond acceptors (Lipinski definition) is 7. The average molecular weight is 480 g/mol. The predicted molar refractivity (Wildman–Crippen MR) is 120 cm³/mol. The molecule has 1 aromatic carbocycles. The molecule has 0 saturated carbocycles. The maximum atomic E-state index is 11.9. The third-order valence-electron chi connectivity index (χ3n) is 4.57. The fraction of sp³-hybridized carbons (Fsp3) is 0.444. The molecule has 8 nitrogen and oxygen atoms in total. The molecule has 0 amide bonds. The van der Waals surface area contributed by atoms with Crippen LogP contribution in [0.15, 0.2) is 23.1 Å². The van der Waals surface area contributed by atoms with Crippen LogP contribution in [0.25, 0.3) is 0 Å². The zero-order valence-corrected chi connectivity index (χ0v) is 19.5. The number of nitrogens with zero attached hydrogens (tertiary/aromatic N) is 1. The van der Waals surface area contributed by atoms with E-state index in [1.165, 1.54) is 10.8 Å². The molecule has 2 aliphatic rings. The molecule has 0 aliphatic carbocycles. The molecule has 1 saturated heterocycles. The lowest BCUT2D eigenvalue weighted by Crippen LogP contribution is -2.27. The van der Waals surface area contributed by atoms with E-state index in [0.29, 0.717) is 17.2 Å². The standard InChI is InChI=1S/C10H12BO4P.C8H8BClN2O2S/c1-7-3-8(2)10-9(4-7)5-13-16(12,15-10)14-6-11;9-5-1-2-6(14-5)12-3-4(10)7(15)11-8(12)13/h3-4H,5-6H2,1-2H3;3,5-6H,1-2H2,(H,11,13,15)/t;5-,6?/m.0/s1. The molecule has 3 atom stereocenters. The second-order valence-electron chi connectivity index (χ2n) is 7.03. The van der Waals surface area contributed by atoms with Crippen LogP contribution < -0.4 is 10.2 Å². The van der Waals surface area contributed by atoms with Gasteiger partial charge in [-0.05, 0) is 32.3 Å². The van der Waals surface area contributed by atoms with Gasteiger partial charge < -0.3 is 9.26 Å². The molecule has 2 aromatic rings. The Labute approximate surface area is 192 Å². The normalized spacial score (nSPS) is 24.6. The number of rotatable bonds is 3. The molecule has 1 aromatic heterocycles. The zero-order chi connectivity index (χ0) is 22.8. The summed E-state index contributed by atoms with van der Waals surface area (Å²) < 4.78 is 34.0. The molecule has 4 rings (SSSR count). The number of aromatic amines is 1. The van der Waals surface area contributed by atoms with Crippen LogP contribution in [0.1, 0.15) is 35.8 Å². The van der Waals surface area contributed by atoms with E-state index in [1.54, 1.807) is 0 Å². The Hall–Kier alpha value is -1.35. The van der Waals surface area contributed by atoms with Gasteiger partial charge in [0.1, 0.15) is 32.3 Å². The summed E-state index contributed by atoms with van der Waals surface area (Å²) in [5.41, 5.74) is 2.58. The highest BCUT2D eigenvalue weighted by Gasteiger charge is 2.34. The first kappa shape index (κ1) is 24.3. The fourth-order valence-corrected chi connectivity index (χ4v) is 4.68. The Balaban J connectivity index is 0.000000176. The van der Waals surface area contributed by atoms with Crippen LogP contribution in [0.2, 0.25) is 5.02 Å². The summed E-state index contributed by atoms with van der Waals surface area (Å²) >= 11 is 10.7. The molecule has 13 heteroatoms. The summed E-state index contributed by atoms with van der Waals surface area (Å²) in [6, 6.07) is 3.58. The first-order valence-corrected chi connectivity index (χ1v) is 11.7. The van der Waals surface area contributed by atoms with Crippen LogP contribution in [0, 0.1) is 18.5 Å². The SMILES string of the molecule is [B]COP1(=O)OCc2cc(C)cc(C)c2O1.[B][C@@H]1CCC(n2cc(Cl)c(=S)[nH]c2=O)O1. The highest BCUT2D eigenvalue weighted by molar-refractivity contribution is 7.71. The van der Waals surface area contributed by atoms with Crippen molar-refractivity contribution in [2.45, 2.75) is 45.5 Å². The number of ether oxygens (including phenoxy) is 1. The van der Waals surface area contributed by atoms with E-state index in [-0.39, 0.29) is 35.7 Å². The maximum absolute atomic E-state index is 11.9. The third kappa shape index (κ3) is 5.92. The van der Waals surface area contributed by atoms with Gasteiger partial charge in [-0.1, -0.05) is 41.5 Å². The molecule has 1 N–H and O–H groups in total. The Morgan fingerprint density at radius 1 is 1.39 bits per heavy atom. The van der Waals surface area contributed by atoms with Crippen LogP contribution in [0.5, 0.6) is 5.75 Å². The van der Waals surface area contributed by atoms with Gasteiger partial charge in [0.25, 0.3) is 0 Å². The molecule has 0 spiro atoms. The zero-order valence-electron chi connectivity index (χ0n) is 17.0. The summed E-state index contributed by atoms with van der Waals surface area (Å²) in [7, 11) is 7.24. The van der Waals surface area contributed by atoms with E-state index in [9.17, 15) is 9.36 Å². The number of aryl methyl sites for hydroxylation is 2. The first-order chi connectivity index (χ1) is 14.6.